The first-order chi connectivity index (χ1) is 14.4. The van der Waals surface area contributed by atoms with Crippen molar-refractivity contribution in [3.8, 4) is 11.5 Å². The van der Waals surface area contributed by atoms with Crippen LogP contribution in [0, 0.1) is 17.7 Å². The van der Waals surface area contributed by atoms with Crippen molar-refractivity contribution in [1.82, 2.24) is 10.2 Å². The Morgan fingerprint density at radius 1 is 1.10 bits per heavy atom. The van der Waals surface area contributed by atoms with Crippen LogP contribution in [0.2, 0.25) is 0 Å². The average molecular weight is 412 g/mol. The molecule has 1 saturated heterocycles. The highest BCUT2D eigenvalue weighted by atomic mass is 19.1. The predicted octanol–water partition coefficient (Wildman–Crippen LogP) is 3.18. The number of rotatable bonds is 5. The number of hydrogen-bond donors (Lipinski definition) is 1. The SMILES string of the molecule is CC(C)CNC(=O)[C@@H]1CN(C(=O)c2ccc3c(c2)OCO3)C[C@@H]1c1ccc(F)cc1. The monoisotopic (exact) mass is 412 g/mol. The zero-order valence-corrected chi connectivity index (χ0v) is 17.1. The van der Waals surface area contributed by atoms with Crippen LogP contribution < -0.4 is 14.8 Å². The third kappa shape index (κ3) is 4.10. The molecule has 7 heteroatoms. The van der Waals surface area contributed by atoms with E-state index >= 15 is 0 Å². The fourth-order valence-electron chi connectivity index (χ4n) is 3.93. The van der Waals surface area contributed by atoms with Crippen LogP contribution >= 0.6 is 0 Å². The van der Waals surface area contributed by atoms with Gasteiger partial charge in [0, 0.05) is 31.1 Å². The van der Waals surface area contributed by atoms with Crippen LogP contribution in [0.4, 0.5) is 4.39 Å². The molecule has 0 radical (unpaired) electrons. The number of carbonyl (C=O) groups is 2. The number of carbonyl (C=O) groups excluding carboxylic acids is 2. The smallest absolute Gasteiger partial charge is 0.254 e. The van der Waals surface area contributed by atoms with Crippen LogP contribution in [0.3, 0.4) is 0 Å². The van der Waals surface area contributed by atoms with E-state index < -0.39 is 5.92 Å². The molecule has 4 rings (SSSR count). The van der Waals surface area contributed by atoms with Gasteiger partial charge in [0.25, 0.3) is 5.91 Å². The number of benzene rings is 2. The maximum absolute atomic E-state index is 13.4. The molecule has 1 fully saturated rings. The Kier molecular flexibility index (Phi) is 5.61. The van der Waals surface area contributed by atoms with Gasteiger partial charge in [0.15, 0.2) is 11.5 Å². The molecule has 0 spiro atoms. The van der Waals surface area contributed by atoms with Crippen molar-refractivity contribution < 1.29 is 23.5 Å². The lowest BCUT2D eigenvalue weighted by Crippen LogP contribution is -2.37. The van der Waals surface area contributed by atoms with E-state index in [0.29, 0.717) is 42.6 Å². The molecular weight excluding hydrogens is 387 g/mol. The number of nitrogens with one attached hydrogen (secondary N) is 1. The van der Waals surface area contributed by atoms with Gasteiger partial charge < -0.3 is 19.7 Å². The number of ether oxygens (including phenoxy) is 2. The van der Waals surface area contributed by atoms with Gasteiger partial charge >= 0.3 is 0 Å². The van der Waals surface area contributed by atoms with E-state index in [1.54, 1.807) is 35.2 Å². The van der Waals surface area contributed by atoms with Gasteiger partial charge in [0.2, 0.25) is 12.7 Å². The normalized spacial score (nSPS) is 19.9. The maximum Gasteiger partial charge on any atom is 0.254 e. The van der Waals surface area contributed by atoms with Crippen LogP contribution in [0.1, 0.15) is 35.7 Å². The number of fused-ring (bicyclic) bond motifs is 1. The highest BCUT2D eigenvalue weighted by Crippen LogP contribution is 2.36. The molecule has 0 aliphatic carbocycles. The van der Waals surface area contributed by atoms with Gasteiger partial charge in [0.1, 0.15) is 5.82 Å². The molecule has 2 atom stereocenters. The molecular formula is C23H25FN2O4. The van der Waals surface area contributed by atoms with E-state index in [1.807, 2.05) is 13.8 Å². The van der Waals surface area contributed by atoms with Crippen molar-refractivity contribution in [2.75, 3.05) is 26.4 Å². The zero-order chi connectivity index (χ0) is 21.3. The van der Waals surface area contributed by atoms with E-state index in [9.17, 15) is 14.0 Å². The molecule has 0 saturated carbocycles. The summed E-state index contributed by atoms with van der Waals surface area (Å²) in [7, 11) is 0. The molecule has 0 aromatic heterocycles. The van der Waals surface area contributed by atoms with Crippen molar-refractivity contribution in [2.45, 2.75) is 19.8 Å². The van der Waals surface area contributed by atoms with E-state index in [1.165, 1.54) is 12.1 Å². The van der Waals surface area contributed by atoms with Gasteiger partial charge in [-0.3, -0.25) is 9.59 Å². The van der Waals surface area contributed by atoms with Crippen LogP contribution in [0.15, 0.2) is 42.5 Å². The molecule has 6 nitrogen and oxygen atoms in total. The summed E-state index contributed by atoms with van der Waals surface area (Å²) >= 11 is 0. The Morgan fingerprint density at radius 3 is 2.57 bits per heavy atom. The molecule has 0 unspecified atom stereocenters. The van der Waals surface area contributed by atoms with Gasteiger partial charge in [-0.2, -0.15) is 0 Å². The fourth-order valence-corrected chi connectivity index (χ4v) is 3.93. The molecule has 30 heavy (non-hydrogen) atoms. The summed E-state index contributed by atoms with van der Waals surface area (Å²) in [5, 5.41) is 2.98. The van der Waals surface area contributed by atoms with Crippen molar-refractivity contribution in [1.29, 1.82) is 0 Å². The first-order valence-corrected chi connectivity index (χ1v) is 10.1. The second kappa shape index (κ2) is 8.34. The highest BCUT2D eigenvalue weighted by molar-refractivity contribution is 5.96. The average Bonchev–Trinajstić information content (AvgIpc) is 3.38. The van der Waals surface area contributed by atoms with Crippen LogP contribution in [0.5, 0.6) is 11.5 Å². The third-order valence-electron chi connectivity index (χ3n) is 5.55. The standard InChI is InChI=1S/C23H25FN2O4/c1-14(2)10-25-22(27)19-12-26(11-18(19)15-3-6-17(24)7-4-15)23(28)16-5-8-20-21(9-16)30-13-29-20/h3-9,14,18-19H,10-13H2,1-2H3,(H,25,27)/t18-,19-/m1/s1. The first-order valence-electron chi connectivity index (χ1n) is 10.1. The molecule has 0 bridgehead atoms. The number of hydrogen-bond acceptors (Lipinski definition) is 4. The van der Waals surface area contributed by atoms with Crippen LogP contribution in [-0.2, 0) is 4.79 Å². The minimum Gasteiger partial charge on any atom is -0.454 e. The Balaban J connectivity index is 1.56. The largest absolute Gasteiger partial charge is 0.454 e. The van der Waals surface area contributed by atoms with Crippen molar-refractivity contribution in [3.63, 3.8) is 0 Å². The van der Waals surface area contributed by atoms with Crippen molar-refractivity contribution >= 4 is 11.8 Å². The van der Waals surface area contributed by atoms with Gasteiger partial charge in [-0.1, -0.05) is 26.0 Å². The molecule has 2 aromatic carbocycles. The number of amides is 2. The van der Waals surface area contributed by atoms with Crippen LogP contribution in [-0.4, -0.2) is 43.1 Å². The van der Waals surface area contributed by atoms with E-state index in [0.717, 1.165) is 5.56 Å². The Bertz CT molecular complexity index is 945. The maximum atomic E-state index is 13.4. The lowest BCUT2D eigenvalue weighted by Gasteiger charge is -2.18. The zero-order valence-electron chi connectivity index (χ0n) is 17.1. The summed E-state index contributed by atoms with van der Waals surface area (Å²) in [5.41, 5.74) is 1.34. The molecule has 2 aliphatic heterocycles. The predicted molar refractivity (Wildman–Crippen MR) is 109 cm³/mol. The molecule has 2 aliphatic rings. The minimum absolute atomic E-state index is 0.0842. The van der Waals surface area contributed by atoms with Crippen molar-refractivity contribution in [3.05, 3.63) is 59.4 Å². The first kappa shape index (κ1) is 20.2. The van der Waals surface area contributed by atoms with Gasteiger partial charge in [-0.15, -0.1) is 0 Å². The lowest BCUT2D eigenvalue weighted by molar-refractivity contribution is -0.125. The Hall–Kier alpha value is -3.09. The fraction of sp³-hybridized carbons (Fsp3) is 0.391. The Labute approximate surface area is 175 Å². The van der Waals surface area contributed by atoms with E-state index in [-0.39, 0.29) is 30.3 Å². The van der Waals surface area contributed by atoms with E-state index in [4.69, 9.17) is 9.47 Å². The number of halogens is 1. The molecule has 2 aromatic rings. The highest BCUT2D eigenvalue weighted by Gasteiger charge is 2.40. The van der Waals surface area contributed by atoms with Crippen LogP contribution in [0.25, 0.3) is 0 Å². The summed E-state index contributed by atoms with van der Waals surface area (Å²) < 4.78 is 24.1. The minimum atomic E-state index is -0.396. The molecule has 2 amide bonds. The van der Waals surface area contributed by atoms with Gasteiger partial charge in [0.05, 0.1) is 5.92 Å². The number of nitrogens with zero attached hydrogens (tertiary/aromatic N) is 1. The third-order valence-corrected chi connectivity index (χ3v) is 5.55. The summed E-state index contributed by atoms with van der Waals surface area (Å²) in [6.45, 7) is 5.46. The molecule has 2 heterocycles. The molecule has 158 valence electrons. The van der Waals surface area contributed by atoms with Gasteiger partial charge in [-0.25, -0.2) is 4.39 Å². The topological polar surface area (TPSA) is 67.9 Å². The Morgan fingerprint density at radius 2 is 1.83 bits per heavy atom. The lowest BCUT2D eigenvalue weighted by atomic mass is 9.88. The summed E-state index contributed by atoms with van der Waals surface area (Å²) in [5.74, 6) is 0.308. The second-order valence-electron chi connectivity index (χ2n) is 8.18. The van der Waals surface area contributed by atoms with E-state index in [2.05, 4.69) is 5.32 Å². The summed E-state index contributed by atoms with van der Waals surface area (Å²) in [4.78, 5) is 27.7. The second-order valence-corrected chi connectivity index (χ2v) is 8.18. The summed E-state index contributed by atoms with van der Waals surface area (Å²) in [6, 6.07) is 11.3. The number of likely N-dealkylation sites (tertiary alicyclic amines) is 1. The van der Waals surface area contributed by atoms with Gasteiger partial charge in [-0.05, 0) is 41.8 Å². The summed E-state index contributed by atoms with van der Waals surface area (Å²) in [6.07, 6.45) is 0. The quantitative estimate of drug-likeness (QED) is 0.819. The molecule has 1 N–H and O–H groups in total. The van der Waals surface area contributed by atoms with Crippen molar-refractivity contribution in [2.24, 2.45) is 11.8 Å².